The van der Waals surface area contributed by atoms with Gasteiger partial charge in [0.05, 0.1) is 6.61 Å². The van der Waals surface area contributed by atoms with E-state index in [1.54, 1.807) is 12.2 Å². The molecule has 1 aromatic rings. The average molecular weight is 409 g/mol. The fraction of sp³-hybridized carbons (Fsp3) is 0.269. The van der Waals surface area contributed by atoms with E-state index in [4.69, 9.17) is 4.74 Å². The van der Waals surface area contributed by atoms with Gasteiger partial charge in [-0.1, -0.05) is 113 Å². The lowest BCUT2D eigenvalue weighted by Crippen LogP contribution is -2.21. The summed E-state index contributed by atoms with van der Waals surface area (Å²) in [5, 5.41) is 0.179. The molecule has 1 aromatic carbocycles. The van der Waals surface area contributed by atoms with Crippen LogP contribution < -0.4 is 0 Å². The van der Waals surface area contributed by atoms with E-state index >= 15 is 0 Å². The Hall–Kier alpha value is -2.52. The molecule has 0 amide bonds. The molecule has 0 fully saturated rings. The van der Waals surface area contributed by atoms with Crippen molar-refractivity contribution >= 4 is 22.5 Å². The average Bonchev–Trinajstić information content (AvgIpc) is 2.74. The topological polar surface area (TPSA) is 26.3 Å². The number of carbonyl (C=O) groups excluding carboxylic acids is 1. The molecule has 154 valence electrons. The summed E-state index contributed by atoms with van der Waals surface area (Å²) < 4.78 is 6.12. The zero-order valence-corrected chi connectivity index (χ0v) is 18.7. The van der Waals surface area contributed by atoms with Crippen molar-refractivity contribution < 1.29 is 9.53 Å². The van der Waals surface area contributed by atoms with Crippen molar-refractivity contribution in [3.05, 3.63) is 103 Å². The Balaban J connectivity index is 3.07. The monoisotopic (exact) mass is 408 g/mol. The van der Waals surface area contributed by atoms with Gasteiger partial charge in [0.15, 0.2) is 5.12 Å². The second-order valence-corrected chi connectivity index (χ2v) is 8.20. The van der Waals surface area contributed by atoms with Crippen LogP contribution in [-0.4, -0.2) is 17.5 Å². The highest BCUT2D eigenvalue weighted by atomic mass is 32.2. The largest absolute Gasteiger partial charge is 0.491 e. The molecule has 29 heavy (non-hydrogen) atoms. The minimum absolute atomic E-state index is 0.179. The second-order valence-electron chi connectivity index (χ2n) is 7.13. The van der Waals surface area contributed by atoms with Gasteiger partial charge in [-0.2, -0.15) is 0 Å². The molecule has 0 bridgehead atoms. The Labute approximate surface area is 180 Å². The van der Waals surface area contributed by atoms with Crippen LogP contribution in [0.1, 0.15) is 32.8 Å². The summed E-state index contributed by atoms with van der Waals surface area (Å²) in [6, 6.07) is 9.89. The van der Waals surface area contributed by atoms with Gasteiger partial charge in [0.25, 0.3) is 0 Å². The minimum atomic E-state index is -0.326. The summed E-state index contributed by atoms with van der Waals surface area (Å²) in [5.41, 5.74) is 2.90. The number of carbonyl (C=O) groups is 1. The number of thioether (sulfide) groups is 1. The second kappa shape index (κ2) is 12.1. The fourth-order valence-corrected chi connectivity index (χ4v) is 3.22. The van der Waals surface area contributed by atoms with Crippen molar-refractivity contribution in [1.29, 1.82) is 0 Å². The van der Waals surface area contributed by atoms with Crippen LogP contribution in [0.15, 0.2) is 97.9 Å². The van der Waals surface area contributed by atoms with Crippen LogP contribution in [0.4, 0.5) is 0 Å². The Bertz CT molecular complexity index is 810. The van der Waals surface area contributed by atoms with Gasteiger partial charge >= 0.3 is 0 Å². The molecule has 0 heterocycles. The molecule has 0 saturated heterocycles. The lowest BCUT2D eigenvalue weighted by atomic mass is 9.92. The summed E-state index contributed by atoms with van der Waals surface area (Å²) in [6.45, 7) is 22.3. The third kappa shape index (κ3) is 7.43. The minimum Gasteiger partial charge on any atom is -0.491 e. The lowest BCUT2D eigenvalue weighted by molar-refractivity contribution is -0.118. The van der Waals surface area contributed by atoms with Crippen molar-refractivity contribution in [2.45, 2.75) is 27.2 Å². The Morgan fingerprint density at radius 2 is 1.83 bits per heavy atom. The number of hydrogen-bond acceptors (Lipinski definition) is 3. The van der Waals surface area contributed by atoms with Crippen LogP contribution in [0.25, 0.3) is 5.57 Å². The van der Waals surface area contributed by atoms with Crippen LogP contribution in [0.2, 0.25) is 0 Å². The van der Waals surface area contributed by atoms with E-state index in [1.165, 1.54) is 11.8 Å². The highest BCUT2D eigenvalue weighted by Crippen LogP contribution is 2.30. The summed E-state index contributed by atoms with van der Waals surface area (Å²) >= 11 is 1.31. The van der Waals surface area contributed by atoms with E-state index in [0.29, 0.717) is 23.7 Å². The van der Waals surface area contributed by atoms with E-state index in [-0.39, 0.29) is 10.5 Å². The Morgan fingerprint density at radius 3 is 2.38 bits per heavy atom. The molecule has 0 unspecified atom stereocenters. The van der Waals surface area contributed by atoms with E-state index in [9.17, 15) is 4.79 Å². The van der Waals surface area contributed by atoms with Crippen molar-refractivity contribution in [2.75, 3.05) is 12.4 Å². The van der Waals surface area contributed by atoms with E-state index in [2.05, 4.69) is 26.3 Å². The van der Waals surface area contributed by atoms with Crippen LogP contribution in [-0.2, 0) is 9.53 Å². The SMILES string of the molecule is C=C/C=C\C(=C)C(=C)/C(OCCSC(=O)C(C)(C)CC)=C(\C=C)c1ccccc1. The van der Waals surface area contributed by atoms with E-state index in [0.717, 1.165) is 23.1 Å². The lowest BCUT2D eigenvalue weighted by Gasteiger charge is -2.21. The van der Waals surface area contributed by atoms with Crippen molar-refractivity contribution in [3.8, 4) is 0 Å². The molecule has 0 radical (unpaired) electrons. The highest BCUT2D eigenvalue weighted by Gasteiger charge is 2.25. The molecule has 0 N–H and O–H groups in total. The fourth-order valence-electron chi connectivity index (χ4n) is 2.34. The number of benzene rings is 1. The molecule has 1 rings (SSSR count). The molecular weight excluding hydrogens is 376 g/mol. The number of ether oxygens (including phenoxy) is 1. The smallest absolute Gasteiger partial charge is 0.194 e. The molecule has 3 heteroatoms. The summed E-state index contributed by atoms with van der Waals surface area (Å²) in [4.78, 5) is 12.3. The van der Waals surface area contributed by atoms with Crippen LogP contribution in [0.3, 0.4) is 0 Å². The summed E-state index contributed by atoms with van der Waals surface area (Å²) in [6.07, 6.45) is 7.91. The van der Waals surface area contributed by atoms with Gasteiger partial charge < -0.3 is 4.74 Å². The highest BCUT2D eigenvalue weighted by molar-refractivity contribution is 8.13. The normalized spacial score (nSPS) is 12.2. The molecule has 0 aromatic heterocycles. The van der Waals surface area contributed by atoms with Crippen LogP contribution >= 0.6 is 11.8 Å². The molecule has 0 aliphatic carbocycles. The third-order valence-electron chi connectivity index (χ3n) is 4.63. The van der Waals surface area contributed by atoms with Gasteiger partial charge in [-0.3, -0.25) is 4.79 Å². The van der Waals surface area contributed by atoms with Crippen LogP contribution in [0.5, 0.6) is 0 Å². The third-order valence-corrected chi connectivity index (χ3v) is 5.81. The van der Waals surface area contributed by atoms with Gasteiger partial charge in [-0.25, -0.2) is 0 Å². The molecular formula is C26H32O2S. The summed E-state index contributed by atoms with van der Waals surface area (Å²) in [7, 11) is 0. The van der Waals surface area contributed by atoms with Crippen LogP contribution in [0, 0.1) is 5.41 Å². The first-order valence-electron chi connectivity index (χ1n) is 9.68. The van der Waals surface area contributed by atoms with E-state index in [1.807, 2.05) is 63.3 Å². The predicted octanol–water partition coefficient (Wildman–Crippen LogP) is 7.15. The van der Waals surface area contributed by atoms with Gasteiger partial charge in [0.2, 0.25) is 0 Å². The number of allylic oxidation sites excluding steroid dienone is 6. The van der Waals surface area contributed by atoms with Gasteiger partial charge in [-0.15, -0.1) is 0 Å². The van der Waals surface area contributed by atoms with Crippen molar-refractivity contribution in [1.82, 2.24) is 0 Å². The zero-order chi connectivity index (χ0) is 21.9. The first-order valence-corrected chi connectivity index (χ1v) is 10.7. The number of hydrogen-bond donors (Lipinski definition) is 0. The maximum Gasteiger partial charge on any atom is 0.194 e. The zero-order valence-electron chi connectivity index (χ0n) is 17.9. The van der Waals surface area contributed by atoms with Gasteiger partial charge in [0.1, 0.15) is 5.76 Å². The molecule has 2 nitrogen and oxygen atoms in total. The number of rotatable bonds is 12. The molecule has 0 spiro atoms. The van der Waals surface area contributed by atoms with E-state index < -0.39 is 0 Å². The van der Waals surface area contributed by atoms with Crippen molar-refractivity contribution in [3.63, 3.8) is 0 Å². The maximum atomic E-state index is 12.3. The first-order chi connectivity index (χ1) is 13.8. The van der Waals surface area contributed by atoms with Gasteiger partial charge in [-0.05, 0) is 17.6 Å². The summed E-state index contributed by atoms with van der Waals surface area (Å²) in [5.74, 6) is 1.18. The van der Waals surface area contributed by atoms with Crippen molar-refractivity contribution in [2.24, 2.45) is 5.41 Å². The molecule has 0 aliphatic rings. The molecule has 0 saturated carbocycles. The maximum absolute atomic E-state index is 12.3. The first kappa shape index (κ1) is 24.5. The quantitative estimate of drug-likeness (QED) is 0.209. The van der Waals surface area contributed by atoms with Gasteiger partial charge in [0, 0.05) is 22.3 Å². The Morgan fingerprint density at radius 1 is 1.17 bits per heavy atom. The Kier molecular flexibility index (Phi) is 10.3. The molecule has 0 aliphatic heterocycles. The molecule has 0 atom stereocenters. The standard InChI is InChI=1S/C26H32O2S/c1-8-11-15-20(4)21(5)24(23(9-2)22-16-13-12-14-17-22)28-18-19-29-25(27)26(6,7)10-3/h8-9,11-17H,1-2,4-5,10,18-19H2,3,6-7H3/b15-11-,24-23-. The predicted molar refractivity (Wildman–Crippen MR) is 129 cm³/mol.